The monoisotopic (exact) mass is 353 g/mol. The van der Waals surface area contributed by atoms with Gasteiger partial charge < -0.3 is 14.8 Å². The third-order valence-electron chi connectivity index (χ3n) is 4.66. The molecule has 4 heteroatoms. The molecule has 26 heavy (non-hydrogen) atoms. The smallest absolute Gasteiger partial charge is 0.258 e. The van der Waals surface area contributed by atoms with Crippen molar-refractivity contribution >= 4 is 5.91 Å². The zero-order valence-corrected chi connectivity index (χ0v) is 16.0. The van der Waals surface area contributed by atoms with Gasteiger partial charge >= 0.3 is 0 Å². The highest BCUT2D eigenvalue weighted by atomic mass is 16.5. The van der Waals surface area contributed by atoms with E-state index < -0.39 is 0 Å². The van der Waals surface area contributed by atoms with Crippen LogP contribution in [-0.2, 0) is 11.2 Å². The van der Waals surface area contributed by atoms with Gasteiger partial charge in [0.05, 0.1) is 6.04 Å². The van der Waals surface area contributed by atoms with Crippen LogP contribution in [0.15, 0.2) is 42.5 Å². The molecule has 1 amide bonds. The maximum Gasteiger partial charge on any atom is 0.258 e. The maximum atomic E-state index is 12.4. The fourth-order valence-electron chi connectivity index (χ4n) is 3.31. The van der Waals surface area contributed by atoms with Gasteiger partial charge in [-0.15, -0.1) is 0 Å². The van der Waals surface area contributed by atoms with Crippen LogP contribution in [0.4, 0.5) is 0 Å². The fraction of sp³-hybridized carbons (Fsp3) is 0.409. The normalized spacial score (nSPS) is 17.8. The van der Waals surface area contributed by atoms with Crippen molar-refractivity contribution in [1.82, 2.24) is 5.32 Å². The molecule has 0 radical (unpaired) electrons. The molecule has 0 aromatic heterocycles. The van der Waals surface area contributed by atoms with Crippen molar-refractivity contribution in [1.29, 1.82) is 0 Å². The predicted molar refractivity (Wildman–Crippen MR) is 103 cm³/mol. The Balaban J connectivity index is 1.65. The van der Waals surface area contributed by atoms with Gasteiger partial charge in [0, 0.05) is 12.0 Å². The number of amides is 1. The average molecular weight is 353 g/mol. The minimum Gasteiger partial charge on any atom is -0.487 e. The van der Waals surface area contributed by atoms with Crippen LogP contribution in [0.25, 0.3) is 0 Å². The number of fused-ring (bicyclic) bond motifs is 1. The highest BCUT2D eigenvalue weighted by Gasteiger charge is 2.34. The molecular weight excluding hydrogens is 326 g/mol. The zero-order valence-electron chi connectivity index (χ0n) is 16.0. The van der Waals surface area contributed by atoms with Gasteiger partial charge in [0.2, 0.25) is 0 Å². The van der Waals surface area contributed by atoms with Gasteiger partial charge in [-0.1, -0.05) is 36.8 Å². The van der Waals surface area contributed by atoms with Crippen LogP contribution < -0.4 is 14.8 Å². The molecule has 0 unspecified atom stereocenters. The molecule has 1 heterocycles. The van der Waals surface area contributed by atoms with E-state index in [1.165, 1.54) is 5.56 Å². The molecule has 0 bridgehead atoms. The molecule has 1 N–H and O–H groups in total. The van der Waals surface area contributed by atoms with Crippen molar-refractivity contribution < 1.29 is 14.3 Å². The van der Waals surface area contributed by atoms with Gasteiger partial charge in [-0.05, 0) is 51.0 Å². The van der Waals surface area contributed by atoms with E-state index in [2.05, 4.69) is 18.3 Å². The third kappa shape index (κ3) is 4.37. The lowest BCUT2D eigenvalue weighted by Gasteiger charge is -2.38. The first-order valence-corrected chi connectivity index (χ1v) is 9.17. The van der Waals surface area contributed by atoms with E-state index in [1.807, 2.05) is 57.2 Å². The van der Waals surface area contributed by atoms with Crippen molar-refractivity contribution in [3.8, 4) is 11.5 Å². The van der Waals surface area contributed by atoms with Crippen LogP contribution in [0.2, 0.25) is 0 Å². The van der Waals surface area contributed by atoms with Gasteiger partial charge in [0.1, 0.15) is 17.1 Å². The largest absolute Gasteiger partial charge is 0.487 e. The Hall–Kier alpha value is -2.49. The van der Waals surface area contributed by atoms with Crippen molar-refractivity contribution in [2.75, 3.05) is 6.61 Å². The molecule has 0 fully saturated rings. The highest BCUT2D eigenvalue weighted by Crippen LogP contribution is 2.39. The van der Waals surface area contributed by atoms with Crippen LogP contribution in [0.3, 0.4) is 0 Å². The number of hydrogen-bond donors (Lipinski definition) is 1. The Morgan fingerprint density at radius 3 is 2.65 bits per heavy atom. The Labute approximate surface area is 155 Å². The van der Waals surface area contributed by atoms with Gasteiger partial charge in [-0.2, -0.15) is 0 Å². The van der Waals surface area contributed by atoms with E-state index in [1.54, 1.807) is 0 Å². The summed E-state index contributed by atoms with van der Waals surface area (Å²) in [5.41, 5.74) is 3.11. The second-order valence-corrected chi connectivity index (χ2v) is 7.51. The van der Waals surface area contributed by atoms with Crippen LogP contribution in [0.5, 0.6) is 11.5 Å². The molecule has 2 aromatic carbocycles. The summed E-state index contributed by atoms with van der Waals surface area (Å²) in [5.74, 6) is 1.42. The molecule has 1 aliphatic rings. The van der Waals surface area contributed by atoms with Crippen LogP contribution in [-0.4, -0.2) is 18.1 Å². The Morgan fingerprint density at radius 1 is 1.23 bits per heavy atom. The highest BCUT2D eigenvalue weighted by molar-refractivity contribution is 5.78. The lowest BCUT2D eigenvalue weighted by Crippen LogP contribution is -2.42. The number of rotatable bonds is 5. The van der Waals surface area contributed by atoms with Gasteiger partial charge in [0.25, 0.3) is 5.91 Å². The summed E-state index contributed by atoms with van der Waals surface area (Å²) < 4.78 is 11.7. The fourth-order valence-corrected chi connectivity index (χ4v) is 3.31. The van der Waals surface area contributed by atoms with E-state index in [9.17, 15) is 4.79 Å². The van der Waals surface area contributed by atoms with Crippen molar-refractivity contribution in [2.45, 2.75) is 52.2 Å². The minimum atomic E-state index is -0.322. The first kappa shape index (κ1) is 18.3. The first-order chi connectivity index (χ1) is 12.4. The van der Waals surface area contributed by atoms with Crippen molar-refractivity contribution in [2.24, 2.45) is 0 Å². The second kappa shape index (κ2) is 7.40. The molecule has 0 aliphatic carbocycles. The third-order valence-corrected chi connectivity index (χ3v) is 4.66. The van der Waals surface area contributed by atoms with Crippen LogP contribution in [0.1, 0.15) is 49.9 Å². The van der Waals surface area contributed by atoms with E-state index in [0.29, 0.717) is 5.75 Å². The number of hydrogen-bond acceptors (Lipinski definition) is 3. The molecule has 2 aromatic rings. The summed E-state index contributed by atoms with van der Waals surface area (Å²) in [6.07, 6.45) is 1.71. The van der Waals surface area contributed by atoms with E-state index >= 15 is 0 Å². The lowest BCUT2D eigenvalue weighted by atomic mass is 9.89. The van der Waals surface area contributed by atoms with Gasteiger partial charge in [-0.3, -0.25) is 4.79 Å². The van der Waals surface area contributed by atoms with E-state index in [-0.39, 0.29) is 24.2 Å². The quantitative estimate of drug-likeness (QED) is 0.869. The predicted octanol–water partition coefficient (Wildman–Crippen LogP) is 4.35. The summed E-state index contributed by atoms with van der Waals surface area (Å²) in [5, 5.41) is 3.11. The molecule has 0 spiro atoms. The number of carbonyl (C=O) groups is 1. The Morgan fingerprint density at radius 2 is 1.96 bits per heavy atom. The van der Waals surface area contributed by atoms with Gasteiger partial charge in [-0.25, -0.2) is 0 Å². The van der Waals surface area contributed by atoms with Crippen LogP contribution >= 0.6 is 0 Å². The number of benzene rings is 2. The van der Waals surface area contributed by atoms with Gasteiger partial charge in [0.15, 0.2) is 6.61 Å². The minimum absolute atomic E-state index is 0.00437. The van der Waals surface area contributed by atoms with Crippen molar-refractivity contribution in [3.05, 3.63) is 59.2 Å². The number of nitrogens with one attached hydrogen (secondary N) is 1. The summed E-state index contributed by atoms with van der Waals surface area (Å²) >= 11 is 0. The SMILES string of the molecule is CCc1ccc(OCC(=O)N[C@H]2CC(C)(C)Oc3ccc(C)cc32)cc1. The maximum absolute atomic E-state index is 12.4. The number of carbonyl (C=O) groups excluding carboxylic acids is 1. The average Bonchev–Trinajstić information content (AvgIpc) is 2.60. The summed E-state index contributed by atoms with van der Waals surface area (Å²) in [4.78, 5) is 12.4. The second-order valence-electron chi connectivity index (χ2n) is 7.51. The van der Waals surface area contributed by atoms with E-state index in [0.717, 1.165) is 29.7 Å². The molecule has 0 saturated heterocycles. The standard InChI is InChI=1S/C22H27NO3/c1-5-16-7-9-17(10-8-16)25-14-21(24)23-19-13-22(3,4)26-20-11-6-15(2)12-18(19)20/h6-12,19H,5,13-14H2,1-4H3,(H,23,24)/t19-/m0/s1. The summed E-state index contributed by atoms with van der Waals surface area (Å²) in [6.45, 7) is 8.24. The molecule has 1 atom stereocenters. The summed E-state index contributed by atoms with van der Waals surface area (Å²) in [6, 6.07) is 13.9. The molecule has 0 saturated carbocycles. The first-order valence-electron chi connectivity index (χ1n) is 9.17. The summed E-state index contributed by atoms with van der Waals surface area (Å²) in [7, 11) is 0. The topological polar surface area (TPSA) is 47.6 Å². The Bertz CT molecular complexity index is 780. The number of aryl methyl sites for hydroxylation is 2. The molecule has 1 aliphatic heterocycles. The zero-order chi connectivity index (χ0) is 18.7. The lowest BCUT2D eigenvalue weighted by molar-refractivity contribution is -0.124. The number of ether oxygens (including phenoxy) is 2. The Kier molecular flexibility index (Phi) is 5.21. The van der Waals surface area contributed by atoms with Crippen molar-refractivity contribution in [3.63, 3.8) is 0 Å². The molecule has 3 rings (SSSR count). The van der Waals surface area contributed by atoms with E-state index in [4.69, 9.17) is 9.47 Å². The molecular formula is C22H27NO3. The van der Waals surface area contributed by atoms with Crippen LogP contribution in [0, 0.1) is 6.92 Å². The molecule has 4 nitrogen and oxygen atoms in total. The molecule has 138 valence electrons.